The maximum Gasteiger partial charge on any atom is 0.132 e. The maximum atomic E-state index is 11.2. The molecule has 1 N–H and O–H groups in total. The van der Waals surface area contributed by atoms with Gasteiger partial charge in [0, 0.05) is 17.5 Å². The average Bonchev–Trinajstić information content (AvgIpc) is 2.71. The third kappa shape index (κ3) is 3.67. The molecule has 0 saturated heterocycles. The molecular weight excluding hydrogens is 344 g/mol. The molecule has 136 valence electrons. The van der Waals surface area contributed by atoms with Gasteiger partial charge in [-0.15, -0.1) is 0 Å². The number of rotatable bonds is 3. The Labute approximate surface area is 164 Å². The Morgan fingerprint density at radius 1 is 0.857 bits per heavy atom. The van der Waals surface area contributed by atoms with E-state index in [1.54, 1.807) is 0 Å². The van der Waals surface area contributed by atoms with E-state index in [9.17, 15) is 9.90 Å². The maximum absolute atomic E-state index is 11.2. The summed E-state index contributed by atoms with van der Waals surface area (Å²) < 4.78 is 0. The molecule has 4 aromatic carbocycles. The molecular formula is C26H20O2. The molecule has 0 aliphatic carbocycles. The van der Waals surface area contributed by atoms with Gasteiger partial charge in [-0.1, -0.05) is 72.5 Å². The summed E-state index contributed by atoms with van der Waals surface area (Å²) in [5.74, 6) is 6.59. The summed E-state index contributed by atoms with van der Waals surface area (Å²) in [5, 5.41) is 14.7. The molecule has 0 heterocycles. The van der Waals surface area contributed by atoms with Crippen molar-refractivity contribution in [3.63, 3.8) is 0 Å². The van der Waals surface area contributed by atoms with Crippen LogP contribution in [0, 0.1) is 11.8 Å². The van der Waals surface area contributed by atoms with Crippen molar-refractivity contribution in [1.29, 1.82) is 0 Å². The number of aliphatic hydroxyl groups is 1. The van der Waals surface area contributed by atoms with E-state index in [1.807, 2.05) is 48.5 Å². The van der Waals surface area contributed by atoms with Gasteiger partial charge in [-0.05, 0) is 52.2 Å². The lowest BCUT2D eigenvalue weighted by Crippen LogP contribution is -2.02. The van der Waals surface area contributed by atoms with E-state index in [2.05, 4.69) is 42.2 Å². The Hall–Kier alpha value is -3.41. The molecule has 0 bridgehead atoms. The van der Waals surface area contributed by atoms with Crippen molar-refractivity contribution in [3.8, 4) is 11.8 Å². The van der Waals surface area contributed by atoms with Crippen molar-refractivity contribution in [2.45, 2.75) is 19.4 Å². The summed E-state index contributed by atoms with van der Waals surface area (Å²) in [6, 6.07) is 26.2. The van der Waals surface area contributed by atoms with Crippen LogP contribution in [0.4, 0.5) is 0 Å². The van der Waals surface area contributed by atoms with Crippen LogP contribution in [0.15, 0.2) is 78.9 Å². The number of aliphatic hydroxyl groups excluding tert-OH is 1. The largest absolute Gasteiger partial charge is 0.388 e. The van der Waals surface area contributed by atoms with Crippen LogP contribution >= 0.6 is 0 Å². The molecule has 0 aromatic heterocycles. The summed E-state index contributed by atoms with van der Waals surface area (Å²) >= 11 is 0. The van der Waals surface area contributed by atoms with Crippen molar-refractivity contribution in [2.75, 3.05) is 0 Å². The zero-order valence-electron chi connectivity index (χ0n) is 15.6. The molecule has 4 aromatic rings. The fourth-order valence-corrected chi connectivity index (χ4v) is 3.46. The first-order chi connectivity index (χ1) is 13.6. The van der Waals surface area contributed by atoms with E-state index < -0.39 is 6.10 Å². The first-order valence-electron chi connectivity index (χ1n) is 9.32. The molecule has 28 heavy (non-hydrogen) atoms. The molecule has 0 spiro atoms. The first kappa shape index (κ1) is 18.0. The summed E-state index contributed by atoms with van der Waals surface area (Å²) in [7, 11) is 0. The Morgan fingerprint density at radius 2 is 1.43 bits per heavy atom. The van der Waals surface area contributed by atoms with E-state index >= 15 is 0 Å². The smallest absolute Gasteiger partial charge is 0.132 e. The van der Waals surface area contributed by atoms with Crippen LogP contribution < -0.4 is 0 Å². The van der Waals surface area contributed by atoms with Crippen molar-refractivity contribution in [2.24, 2.45) is 0 Å². The second-order valence-electron chi connectivity index (χ2n) is 6.99. The van der Waals surface area contributed by atoms with Crippen LogP contribution in [-0.4, -0.2) is 10.9 Å². The minimum atomic E-state index is -0.762. The molecule has 2 heteroatoms. The van der Waals surface area contributed by atoms with Crippen molar-refractivity contribution in [1.82, 2.24) is 0 Å². The SMILES string of the molecule is CC(=O)CC(O)c1ccc(C#Cc2c3ccccc3cc3ccccc23)cc1. The third-order valence-corrected chi connectivity index (χ3v) is 4.88. The average molecular weight is 364 g/mol. The second kappa shape index (κ2) is 7.68. The van der Waals surface area contributed by atoms with Gasteiger partial charge in [0.1, 0.15) is 5.78 Å². The van der Waals surface area contributed by atoms with Gasteiger partial charge in [-0.25, -0.2) is 0 Å². The van der Waals surface area contributed by atoms with Gasteiger partial charge in [-0.3, -0.25) is 4.79 Å². The predicted molar refractivity (Wildman–Crippen MR) is 114 cm³/mol. The summed E-state index contributed by atoms with van der Waals surface area (Å²) in [5.41, 5.74) is 2.63. The Bertz CT molecular complexity index is 1170. The van der Waals surface area contributed by atoms with Gasteiger partial charge in [-0.2, -0.15) is 0 Å². The fraction of sp³-hybridized carbons (Fsp3) is 0.115. The van der Waals surface area contributed by atoms with Crippen LogP contribution in [0.25, 0.3) is 21.5 Å². The molecule has 0 radical (unpaired) electrons. The highest BCUT2D eigenvalue weighted by Gasteiger charge is 2.09. The first-order valence-corrected chi connectivity index (χ1v) is 9.32. The minimum Gasteiger partial charge on any atom is -0.388 e. The molecule has 0 aliphatic rings. The number of hydrogen-bond acceptors (Lipinski definition) is 2. The lowest BCUT2D eigenvalue weighted by molar-refractivity contribution is -0.118. The number of carbonyl (C=O) groups excluding carboxylic acids is 1. The number of hydrogen-bond donors (Lipinski definition) is 1. The van der Waals surface area contributed by atoms with E-state index in [4.69, 9.17) is 0 Å². The van der Waals surface area contributed by atoms with E-state index in [1.165, 1.54) is 17.7 Å². The second-order valence-corrected chi connectivity index (χ2v) is 6.99. The normalized spacial score (nSPS) is 11.8. The Balaban J connectivity index is 1.75. The zero-order chi connectivity index (χ0) is 19.5. The summed E-state index contributed by atoms with van der Waals surface area (Å²) in [4.78, 5) is 11.2. The van der Waals surface area contributed by atoms with Gasteiger partial charge in [0.15, 0.2) is 0 Å². The molecule has 2 nitrogen and oxygen atoms in total. The van der Waals surface area contributed by atoms with Gasteiger partial charge in [0.05, 0.1) is 6.10 Å². The molecule has 0 aliphatic heterocycles. The molecule has 0 amide bonds. The zero-order valence-corrected chi connectivity index (χ0v) is 15.6. The van der Waals surface area contributed by atoms with Gasteiger partial charge >= 0.3 is 0 Å². The molecule has 4 rings (SSSR count). The topological polar surface area (TPSA) is 37.3 Å². The fourth-order valence-electron chi connectivity index (χ4n) is 3.46. The molecule has 1 unspecified atom stereocenters. The minimum absolute atomic E-state index is 0.0285. The van der Waals surface area contributed by atoms with E-state index in [-0.39, 0.29) is 12.2 Å². The van der Waals surface area contributed by atoms with Crippen LogP contribution in [0.3, 0.4) is 0 Å². The molecule has 0 saturated carbocycles. The van der Waals surface area contributed by atoms with Crippen LogP contribution in [0.5, 0.6) is 0 Å². The summed E-state index contributed by atoms with van der Waals surface area (Å²) in [6.45, 7) is 1.48. The van der Waals surface area contributed by atoms with Crippen LogP contribution in [-0.2, 0) is 4.79 Å². The highest BCUT2D eigenvalue weighted by molar-refractivity contribution is 6.04. The van der Waals surface area contributed by atoms with Crippen molar-refractivity contribution in [3.05, 3.63) is 95.6 Å². The van der Waals surface area contributed by atoms with Crippen LogP contribution in [0.1, 0.15) is 36.1 Å². The number of fused-ring (bicyclic) bond motifs is 2. The standard InChI is InChI=1S/C26H20O2/c1-18(27)16-26(28)20-13-10-19(11-14-20)12-15-25-23-8-4-2-6-21(23)17-22-7-3-5-9-24(22)25/h2-11,13-14,17,26,28H,16H2,1H3. The quantitative estimate of drug-likeness (QED) is 0.390. The van der Waals surface area contributed by atoms with Crippen molar-refractivity contribution >= 4 is 27.3 Å². The monoisotopic (exact) mass is 364 g/mol. The van der Waals surface area contributed by atoms with Crippen LogP contribution in [0.2, 0.25) is 0 Å². The van der Waals surface area contributed by atoms with E-state index in [0.29, 0.717) is 0 Å². The Kier molecular flexibility index (Phi) is 4.93. The molecule has 1 atom stereocenters. The van der Waals surface area contributed by atoms with Gasteiger partial charge in [0.2, 0.25) is 0 Å². The highest BCUT2D eigenvalue weighted by atomic mass is 16.3. The Morgan fingerprint density at radius 3 is 2.00 bits per heavy atom. The predicted octanol–water partition coefficient (Wildman–Crippen LogP) is 5.41. The molecule has 0 fully saturated rings. The highest BCUT2D eigenvalue weighted by Crippen LogP contribution is 2.28. The summed E-state index contributed by atoms with van der Waals surface area (Å²) in [6.07, 6.45) is -0.631. The number of ketones is 1. The number of carbonyl (C=O) groups is 1. The van der Waals surface area contributed by atoms with Crippen molar-refractivity contribution < 1.29 is 9.90 Å². The van der Waals surface area contributed by atoms with E-state index in [0.717, 1.165) is 27.5 Å². The van der Waals surface area contributed by atoms with Gasteiger partial charge < -0.3 is 5.11 Å². The lowest BCUT2D eigenvalue weighted by Gasteiger charge is -2.08. The third-order valence-electron chi connectivity index (χ3n) is 4.88. The number of benzene rings is 4. The number of Topliss-reactive ketones (excluding diaryl/α,β-unsaturated/α-hetero) is 1. The van der Waals surface area contributed by atoms with Gasteiger partial charge in [0.25, 0.3) is 0 Å². The lowest BCUT2D eigenvalue weighted by atomic mass is 9.97.